The molecule has 4 aromatic rings. The molecule has 45 heavy (non-hydrogen) atoms. The fourth-order valence-corrected chi connectivity index (χ4v) is 8.41. The van der Waals surface area contributed by atoms with Crippen LogP contribution in [0.4, 0.5) is 16.0 Å². The number of imidazole rings is 2. The summed E-state index contributed by atoms with van der Waals surface area (Å²) in [5.41, 5.74) is 11.0. The van der Waals surface area contributed by atoms with Crippen LogP contribution in [0.3, 0.4) is 0 Å². The number of alkyl halides is 1. The Bertz CT molecular complexity index is 1990. The molecule has 8 heterocycles. The fraction of sp³-hybridized carbons (Fsp3) is 0.524. The fourth-order valence-electron chi connectivity index (χ4n) is 5.91. The van der Waals surface area contributed by atoms with Crippen molar-refractivity contribution in [3.8, 4) is 0 Å². The molecule has 0 amide bonds. The minimum absolute atomic E-state index is 0.0550. The Morgan fingerprint density at radius 2 is 1.62 bits per heavy atom. The first kappa shape index (κ1) is 29.3. The summed E-state index contributed by atoms with van der Waals surface area (Å²) in [7, 11) is -4.57. The monoisotopic (exact) mass is 687 g/mol. The van der Waals surface area contributed by atoms with Crippen LogP contribution in [0.5, 0.6) is 0 Å². The number of aromatic nitrogens is 8. The van der Waals surface area contributed by atoms with E-state index in [2.05, 4.69) is 46.9 Å². The molecule has 0 radical (unpaired) electrons. The highest BCUT2D eigenvalue weighted by Gasteiger charge is 2.65. The zero-order valence-corrected chi connectivity index (χ0v) is 25.2. The third kappa shape index (κ3) is 4.68. The first-order valence-electron chi connectivity index (χ1n) is 13.2. The van der Waals surface area contributed by atoms with Crippen molar-refractivity contribution in [2.24, 2.45) is 0 Å². The van der Waals surface area contributed by atoms with Crippen LogP contribution < -0.4 is 16.2 Å². The average Bonchev–Trinajstić information content (AvgIpc) is 3.80. The molecule has 0 unspecified atom stereocenters. The number of ether oxygens (including phenoxy) is 3. The van der Waals surface area contributed by atoms with Crippen molar-refractivity contribution in [3.63, 3.8) is 0 Å². The van der Waals surface area contributed by atoms with Crippen LogP contribution in [-0.2, 0) is 42.3 Å². The quantitative estimate of drug-likeness (QED) is 0.152. The number of hydrogen-bond acceptors (Lipinski definition) is 17. The van der Waals surface area contributed by atoms with E-state index in [1.807, 2.05) is 0 Å². The summed E-state index contributed by atoms with van der Waals surface area (Å²) in [6.45, 7) is -5.72. The van der Waals surface area contributed by atoms with Gasteiger partial charge in [0.2, 0.25) is 0 Å². The molecule has 4 aromatic heterocycles. The minimum Gasteiger partial charge on any atom is -0.382 e. The van der Waals surface area contributed by atoms with Crippen molar-refractivity contribution in [1.82, 2.24) is 43.8 Å². The highest BCUT2D eigenvalue weighted by Crippen LogP contribution is 2.59. The van der Waals surface area contributed by atoms with Gasteiger partial charge >= 0.3 is 17.1 Å². The van der Waals surface area contributed by atoms with Crippen molar-refractivity contribution < 1.29 is 44.8 Å². The highest BCUT2D eigenvalue weighted by atomic mass is 32.7. The van der Waals surface area contributed by atoms with Gasteiger partial charge in [-0.2, -0.15) is 13.1 Å². The summed E-state index contributed by atoms with van der Waals surface area (Å²) in [5, 5.41) is 0. The number of thiol groups is 1. The summed E-state index contributed by atoms with van der Waals surface area (Å²) >= 11 is 4.09. The third-order valence-corrected chi connectivity index (χ3v) is 10.6. The molecule has 5 N–H and O–H groups in total. The second kappa shape index (κ2) is 10.2. The third-order valence-electron chi connectivity index (χ3n) is 7.98. The number of hydrogen-bond donors (Lipinski definition) is 4. The van der Waals surface area contributed by atoms with Crippen LogP contribution in [0, 0.1) is 0 Å². The zero-order valence-electron chi connectivity index (χ0n) is 22.6. The Labute approximate surface area is 256 Å². The molecule has 2 bridgehead atoms. The van der Waals surface area contributed by atoms with Gasteiger partial charge in [0.05, 0.1) is 25.9 Å². The number of nitrogens with one attached hydrogen (secondary N) is 1. The number of nitrogens with two attached hydrogens (primary N) is 2. The van der Waals surface area contributed by atoms with Crippen LogP contribution in [0.2, 0.25) is 0 Å². The normalized spacial score (nSPS) is 38.1. The molecular formula is C21H23FN11O9PS2. The molecule has 0 saturated carbocycles. The topological polar surface area (TPSA) is 258 Å². The van der Waals surface area contributed by atoms with E-state index in [0.717, 1.165) is 0 Å². The predicted octanol–water partition coefficient (Wildman–Crippen LogP) is -0.595. The average molecular weight is 688 g/mol. The number of fused-ring (bicyclic) bond motifs is 3. The van der Waals surface area contributed by atoms with Gasteiger partial charge in [-0.05, 0) is 0 Å². The predicted molar refractivity (Wildman–Crippen MR) is 150 cm³/mol. The number of halogens is 1. The zero-order chi connectivity index (χ0) is 31.3. The Kier molecular flexibility index (Phi) is 6.63. The van der Waals surface area contributed by atoms with Crippen molar-refractivity contribution in [3.05, 3.63) is 25.3 Å². The lowest BCUT2D eigenvalue weighted by Crippen LogP contribution is -2.49. The van der Waals surface area contributed by atoms with Crippen molar-refractivity contribution in [1.29, 1.82) is 0 Å². The first-order chi connectivity index (χ1) is 21.5. The molecule has 240 valence electrons. The van der Waals surface area contributed by atoms with Crippen LogP contribution in [0.15, 0.2) is 25.3 Å². The molecule has 9 atom stereocenters. The van der Waals surface area contributed by atoms with Gasteiger partial charge in [-0.15, -0.1) is 0 Å². The van der Waals surface area contributed by atoms with Gasteiger partial charge in [-0.25, -0.2) is 43.0 Å². The largest absolute Gasteiger partial charge is 0.386 e. The summed E-state index contributed by atoms with van der Waals surface area (Å²) < 4.78 is 95.9. The van der Waals surface area contributed by atoms with E-state index in [9.17, 15) is 13.0 Å². The molecule has 4 saturated heterocycles. The van der Waals surface area contributed by atoms with E-state index < -0.39 is 78.9 Å². The lowest BCUT2D eigenvalue weighted by atomic mass is 10.0. The maximum atomic E-state index is 16.0. The summed E-state index contributed by atoms with van der Waals surface area (Å²) in [6, 6.07) is 0. The summed E-state index contributed by atoms with van der Waals surface area (Å²) in [5.74, 6) is 0.172. The molecular weight excluding hydrogens is 664 g/mol. The molecule has 0 aliphatic carbocycles. The maximum Gasteiger partial charge on any atom is 0.386 e. The summed E-state index contributed by atoms with van der Waals surface area (Å²) in [6.07, 6.45) is -4.77. The van der Waals surface area contributed by atoms with Gasteiger partial charge in [0.15, 0.2) is 41.6 Å². The van der Waals surface area contributed by atoms with Gasteiger partial charge in [-0.1, -0.05) is 12.2 Å². The lowest BCUT2D eigenvalue weighted by Gasteiger charge is -2.32. The van der Waals surface area contributed by atoms with Crippen molar-refractivity contribution in [2.75, 3.05) is 31.2 Å². The van der Waals surface area contributed by atoms with Gasteiger partial charge in [0.1, 0.15) is 53.7 Å². The molecule has 4 aliphatic heterocycles. The summed E-state index contributed by atoms with van der Waals surface area (Å²) in [4.78, 5) is 24.4. The number of nitrogen functional groups attached to an aromatic ring is 2. The molecule has 24 heteroatoms. The molecule has 8 rings (SSSR count). The second-order valence-corrected chi connectivity index (χ2v) is 14.9. The van der Waals surface area contributed by atoms with E-state index in [-0.39, 0.29) is 40.6 Å². The molecule has 4 fully saturated rings. The van der Waals surface area contributed by atoms with Crippen LogP contribution in [0.1, 0.15) is 12.5 Å². The van der Waals surface area contributed by atoms with Crippen molar-refractivity contribution in [2.45, 2.75) is 48.6 Å². The lowest BCUT2D eigenvalue weighted by molar-refractivity contribution is -0.182. The van der Waals surface area contributed by atoms with Gasteiger partial charge in [0.25, 0.3) is 0 Å². The van der Waals surface area contributed by atoms with Crippen LogP contribution in [0.25, 0.3) is 22.3 Å². The van der Waals surface area contributed by atoms with E-state index in [1.165, 1.54) is 34.4 Å². The van der Waals surface area contributed by atoms with Gasteiger partial charge < -0.3 is 25.7 Å². The Hall–Kier alpha value is -3.12. The number of anilines is 2. The Morgan fingerprint density at radius 3 is 2.29 bits per heavy atom. The molecule has 0 spiro atoms. The first-order valence-corrected chi connectivity index (χ1v) is 17.3. The van der Waals surface area contributed by atoms with E-state index >= 15 is 4.39 Å². The molecule has 0 aromatic carbocycles. The SMILES string of the molecule is Nc1ncnc2c1ncn2[C@@H]1O[C@@H]2CNS(=O)(=O)O[C@H]3[C@H]4OC[C@]3(CO[P@@](=O)(S)O[C@H]2[C@H]1F)O[C@H]4n1cnc2c(N)ncnc21. The number of nitrogens with zero attached hydrogens (tertiary/aromatic N) is 8. The van der Waals surface area contributed by atoms with E-state index in [0.29, 0.717) is 0 Å². The molecule has 20 nitrogen and oxygen atoms in total. The smallest absolute Gasteiger partial charge is 0.382 e. The van der Waals surface area contributed by atoms with Gasteiger partial charge in [0, 0.05) is 6.54 Å². The van der Waals surface area contributed by atoms with Crippen LogP contribution >= 0.6 is 19.0 Å². The van der Waals surface area contributed by atoms with Gasteiger partial charge in [-0.3, -0.25) is 18.2 Å². The second-order valence-electron chi connectivity index (χ2n) is 10.7. The van der Waals surface area contributed by atoms with E-state index in [1.54, 1.807) is 0 Å². The molecule has 4 aliphatic rings. The number of rotatable bonds is 2. The highest BCUT2D eigenvalue weighted by molar-refractivity contribution is 8.44. The maximum absolute atomic E-state index is 16.0. The Balaban J connectivity index is 1.10. The van der Waals surface area contributed by atoms with Crippen LogP contribution in [-0.4, -0.2) is 103 Å². The van der Waals surface area contributed by atoms with E-state index in [4.69, 9.17) is 38.9 Å². The minimum atomic E-state index is -4.57. The van der Waals surface area contributed by atoms with Crippen molar-refractivity contribution >= 4 is 63.3 Å². The standard InChI is InChI=1S/C21H23FN11O9PS2/c22-9-12-8(39-19(9)32-6-29-10-15(23)25-4-27-17(10)32)1-31-45(35,36)42-14-13-20(33-7-30-11-16(24)26-5-28-18(11)33)40-21(14,2-37-13)3-38-43(34,44)41-12/h4-9,12-14,19-20,31H,1-3H2,(H,34,44)(H2,23,25,27)(H2,24,26,28)/t8-,9-,12-,13-,14+,19-,20-,21-,43-/m1/s1. The Morgan fingerprint density at radius 1 is 0.978 bits per heavy atom.